The molecule has 0 saturated carbocycles. The lowest BCUT2D eigenvalue weighted by molar-refractivity contribution is 0.0945. The summed E-state index contributed by atoms with van der Waals surface area (Å²) in [6, 6.07) is 9.86. The molecule has 6 heteroatoms. The lowest BCUT2D eigenvalue weighted by Gasteiger charge is -2.32. The Morgan fingerprint density at radius 1 is 1.12 bits per heavy atom. The third-order valence-corrected chi connectivity index (χ3v) is 4.40. The second-order valence-electron chi connectivity index (χ2n) is 6.66. The van der Waals surface area contributed by atoms with Crippen molar-refractivity contribution in [1.29, 1.82) is 0 Å². The Morgan fingerprint density at radius 2 is 1.88 bits per heavy atom. The molecular formula is C19H25N5O. The number of carbonyl (C=O) groups is 1. The molecule has 0 unspecified atom stereocenters. The van der Waals surface area contributed by atoms with Gasteiger partial charge in [-0.1, -0.05) is 29.8 Å². The Labute approximate surface area is 148 Å². The van der Waals surface area contributed by atoms with Crippen LogP contribution in [-0.2, 0) is 6.54 Å². The molecular weight excluding hydrogens is 314 g/mol. The van der Waals surface area contributed by atoms with Crippen LogP contribution in [0.3, 0.4) is 0 Å². The largest absolute Gasteiger partial charge is 0.347 e. The van der Waals surface area contributed by atoms with Crippen LogP contribution in [0.2, 0.25) is 0 Å². The van der Waals surface area contributed by atoms with E-state index in [9.17, 15) is 4.79 Å². The van der Waals surface area contributed by atoms with Gasteiger partial charge in [-0.2, -0.15) is 0 Å². The lowest BCUT2D eigenvalue weighted by atomic mass is 10.1. The van der Waals surface area contributed by atoms with E-state index >= 15 is 0 Å². The van der Waals surface area contributed by atoms with Crippen LogP contribution in [0.1, 0.15) is 27.3 Å². The number of aryl methyl sites for hydroxylation is 2. The summed E-state index contributed by atoms with van der Waals surface area (Å²) in [5, 5.41) is 2.95. The van der Waals surface area contributed by atoms with Crippen LogP contribution < -0.4 is 10.2 Å². The molecule has 1 amide bonds. The summed E-state index contributed by atoms with van der Waals surface area (Å²) in [5.74, 6) is 0.483. The molecule has 1 aromatic heterocycles. The van der Waals surface area contributed by atoms with Crippen LogP contribution in [0.5, 0.6) is 0 Å². The molecule has 1 aromatic carbocycles. The fraction of sp³-hybridized carbons (Fsp3) is 0.421. The van der Waals surface area contributed by atoms with E-state index in [1.165, 1.54) is 5.56 Å². The zero-order chi connectivity index (χ0) is 17.8. The zero-order valence-electron chi connectivity index (χ0n) is 15.1. The molecule has 25 heavy (non-hydrogen) atoms. The summed E-state index contributed by atoms with van der Waals surface area (Å²) in [6.07, 6.45) is 0. The maximum atomic E-state index is 12.5. The van der Waals surface area contributed by atoms with Gasteiger partial charge in [-0.15, -0.1) is 0 Å². The predicted octanol–water partition coefficient (Wildman–Crippen LogP) is 1.78. The van der Waals surface area contributed by atoms with Crippen molar-refractivity contribution in [3.63, 3.8) is 0 Å². The second-order valence-corrected chi connectivity index (χ2v) is 6.66. The topological polar surface area (TPSA) is 61.4 Å². The second kappa shape index (κ2) is 7.61. The number of benzene rings is 1. The minimum Gasteiger partial charge on any atom is -0.347 e. The molecule has 0 atom stereocenters. The Kier molecular flexibility index (Phi) is 5.28. The molecule has 2 aromatic rings. The van der Waals surface area contributed by atoms with Crippen LogP contribution in [0.25, 0.3) is 0 Å². The van der Waals surface area contributed by atoms with Crippen LogP contribution >= 0.6 is 0 Å². The first kappa shape index (κ1) is 17.4. The average molecular weight is 339 g/mol. The van der Waals surface area contributed by atoms with Crippen molar-refractivity contribution >= 4 is 11.9 Å². The first-order chi connectivity index (χ1) is 12.0. The summed E-state index contributed by atoms with van der Waals surface area (Å²) < 4.78 is 0. The van der Waals surface area contributed by atoms with Gasteiger partial charge in [-0.25, -0.2) is 9.97 Å². The van der Waals surface area contributed by atoms with Crippen molar-refractivity contribution in [1.82, 2.24) is 20.2 Å². The van der Waals surface area contributed by atoms with E-state index in [0.29, 0.717) is 18.2 Å². The number of rotatable bonds is 4. The van der Waals surface area contributed by atoms with Crippen LogP contribution in [-0.4, -0.2) is 54.0 Å². The first-order valence-corrected chi connectivity index (χ1v) is 8.64. The predicted molar refractivity (Wildman–Crippen MR) is 98.8 cm³/mol. The average Bonchev–Trinajstić information content (AvgIpc) is 2.60. The fourth-order valence-electron chi connectivity index (χ4n) is 2.91. The van der Waals surface area contributed by atoms with Gasteiger partial charge in [0.1, 0.15) is 5.69 Å². The van der Waals surface area contributed by atoms with Gasteiger partial charge in [0.25, 0.3) is 5.91 Å². The highest BCUT2D eigenvalue weighted by molar-refractivity contribution is 5.92. The SMILES string of the molecule is Cc1cccc(CNC(=O)c2cc(C)nc(N3CCN(C)CC3)n2)c1. The van der Waals surface area contributed by atoms with E-state index in [4.69, 9.17) is 0 Å². The molecule has 0 radical (unpaired) electrons. The standard InChI is InChI=1S/C19H25N5O/c1-14-5-4-6-16(11-14)13-20-18(25)17-12-15(2)21-19(22-17)24-9-7-23(3)8-10-24/h4-6,11-12H,7-10,13H2,1-3H3,(H,20,25). The van der Waals surface area contributed by atoms with Gasteiger partial charge in [0.05, 0.1) is 0 Å². The molecule has 0 aliphatic carbocycles. The van der Waals surface area contributed by atoms with Crippen molar-refractivity contribution in [2.45, 2.75) is 20.4 Å². The molecule has 0 spiro atoms. The van der Waals surface area contributed by atoms with Gasteiger partial charge in [0, 0.05) is 38.4 Å². The van der Waals surface area contributed by atoms with Crippen LogP contribution in [0.15, 0.2) is 30.3 Å². The van der Waals surface area contributed by atoms with E-state index in [-0.39, 0.29) is 5.91 Å². The first-order valence-electron chi connectivity index (χ1n) is 8.64. The van der Waals surface area contributed by atoms with Gasteiger partial charge >= 0.3 is 0 Å². The van der Waals surface area contributed by atoms with E-state index in [2.05, 4.69) is 38.2 Å². The molecule has 3 rings (SSSR count). The van der Waals surface area contributed by atoms with Crippen LogP contribution in [0.4, 0.5) is 5.95 Å². The number of nitrogens with zero attached hydrogens (tertiary/aromatic N) is 4. The van der Waals surface area contributed by atoms with Crippen LogP contribution in [0, 0.1) is 13.8 Å². The van der Waals surface area contributed by atoms with Gasteiger partial charge in [-0.3, -0.25) is 4.79 Å². The van der Waals surface area contributed by atoms with Gasteiger partial charge in [0.2, 0.25) is 5.95 Å². The molecule has 1 aliphatic rings. The Balaban J connectivity index is 1.69. The van der Waals surface area contributed by atoms with E-state index < -0.39 is 0 Å². The van der Waals surface area contributed by atoms with Crippen molar-refractivity contribution in [3.05, 3.63) is 52.8 Å². The monoisotopic (exact) mass is 339 g/mol. The van der Waals surface area contributed by atoms with Crippen molar-refractivity contribution < 1.29 is 4.79 Å². The van der Waals surface area contributed by atoms with Crippen molar-refractivity contribution in [3.8, 4) is 0 Å². The van der Waals surface area contributed by atoms with Gasteiger partial charge in [0.15, 0.2) is 0 Å². The minimum atomic E-state index is -0.164. The maximum Gasteiger partial charge on any atom is 0.270 e. The lowest BCUT2D eigenvalue weighted by Crippen LogP contribution is -2.45. The zero-order valence-corrected chi connectivity index (χ0v) is 15.1. The van der Waals surface area contributed by atoms with E-state index in [1.54, 1.807) is 6.07 Å². The fourth-order valence-corrected chi connectivity index (χ4v) is 2.91. The molecule has 6 nitrogen and oxygen atoms in total. The molecule has 1 N–H and O–H groups in total. The molecule has 1 saturated heterocycles. The number of likely N-dealkylation sites (N-methyl/N-ethyl adjacent to an activating group) is 1. The Morgan fingerprint density at radius 3 is 2.60 bits per heavy atom. The Bertz CT molecular complexity index is 753. The summed E-state index contributed by atoms with van der Waals surface area (Å²) >= 11 is 0. The van der Waals surface area contributed by atoms with Crippen molar-refractivity contribution in [2.24, 2.45) is 0 Å². The summed E-state index contributed by atoms with van der Waals surface area (Å²) in [5.41, 5.74) is 3.50. The highest BCUT2D eigenvalue weighted by atomic mass is 16.1. The van der Waals surface area contributed by atoms with E-state index in [1.807, 2.05) is 32.0 Å². The highest BCUT2D eigenvalue weighted by Crippen LogP contribution is 2.13. The number of aromatic nitrogens is 2. The normalized spacial score (nSPS) is 15.2. The number of hydrogen-bond acceptors (Lipinski definition) is 5. The molecule has 1 aliphatic heterocycles. The number of carbonyl (C=O) groups excluding carboxylic acids is 1. The highest BCUT2D eigenvalue weighted by Gasteiger charge is 2.19. The number of nitrogens with one attached hydrogen (secondary N) is 1. The minimum absolute atomic E-state index is 0.164. The molecule has 132 valence electrons. The number of anilines is 1. The number of amides is 1. The van der Waals surface area contributed by atoms with Crippen molar-refractivity contribution in [2.75, 3.05) is 38.1 Å². The maximum absolute atomic E-state index is 12.5. The third-order valence-electron chi connectivity index (χ3n) is 4.40. The van der Waals surface area contributed by atoms with E-state index in [0.717, 1.165) is 37.4 Å². The molecule has 0 bridgehead atoms. The number of hydrogen-bond donors (Lipinski definition) is 1. The molecule has 2 heterocycles. The molecule has 1 fully saturated rings. The smallest absolute Gasteiger partial charge is 0.270 e. The number of piperazine rings is 1. The van der Waals surface area contributed by atoms with Gasteiger partial charge < -0.3 is 15.1 Å². The van der Waals surface area contributed by atoms with Gasteiger partial charge in [-0.05, 0) is 32.5 Å². The third kappa shape index (κ3) is 4.54. The summed E-state index contributed by atoms with van der Waals surface area (Å²) in [6.45, 7) is 8.15. The summed E-state index contributed by atoms with van der Waals surface area (Å²) in [4.78, 5) is 25.9. The summed E-state index contributed by atoms with van der Waals surface area (Å²) in [7, 11) is 2.11. The quantitative estimate of drug-likeness (QED) is 0.920. The Hall–Kier alpha value is -2.47.